The molecular formula is C22H22O4. The second-order valence-electron chi connectivity index (χ2n) is 6.13. The van der Waals surface area contributed by atoms with Crippen LogP contribution in [0, 0.1) is 27.7 Å². The van der Waals surface area contributed by atoms with Crippen LogP contribution < -0.4 is 9.47 Å². The van der Waals surface area contributed by atoms with Crippen molar-refractivity contribution in [3.63, 3.8) is 0 Å². The number of carbonyl (C=O) groups is 2. The molecule has 2 aromatic carbocycles. The van der Waals surface area contributed by atoms with Crippen LogP contribution >= 0.6 is 0 Å². The Labute approximate surface area is 153 Å². The fourth-order valence-electron chi connectivity index (χ4n) is 2.84. The van der Waals surface area contributed by atoms with Gasteiger partial charge in [0.2, 0.25) is 0 Å². The standard InChI is InChI=1S/C22H22O4/c1-7-19(23)25-21-13(3)9-17(10-14(21)4)18-11-15(5)22(16(6)12-18)26-20(24)8-2/h7-12H,1-2H2,3-6H3. The lowest BCUT2D eigenvalue weighted by Crippen LogP contribution is -2.06. The van der Waals surface area contributed by atoms with E-state index in [2.05, 4.69) is 13.2 Å². The monoisotopic (exact) mass is 350 g/mol. The molecule has 4 heteroatoms. The van der Waals surface area contributed by atoms with E-state index in [9.17, 15) is 9.59 Å². The predicted octanol–water partition coefficient (Wildman–Crippen LogP) is 4.77. The van der Waals surface area contributed by atoms with Crippen LogP contribution in [-0.2, 0) is 9.59 Å². The third-order valence-corrected chi connectivity index (χ3v) is 3.99. The Bertz CT molecular complexity index is 785. The number of aryl methyl sites for hydroxylation is 4. The molecule has 0 heterocycles. The van der Waals surface area contributed by atoms with Gasteiger partial charge in [-0.15, -0.1) is 0 Å². The van der Waals surface area contributed by atoms with E-state index in [4.69, 9.17) is 9.47 Å². The first-order valence-corrected chi connectivity index (χ1v) is 8.18. The molecular weight excluding hydrogens is 328 g/mol. The van der Waals surface area contributed by atoms with Crippen molar-refractivity contribution >= 4 is 11.9 Å². The van der Waals surface area contributed by atoms with Crippen LogP contribution in [0.5, 0.6) is 11.5 Å². The highest BCUT2D eigenvalue weighted by Gasteiger charge is 2.14. The molecule has 4 nitrogen and oxygen atoms in total. The maximum Gasteiger partial charge on any atom is 0.335 e. The second-order valence-corrected chi connectivity index (χ2v) is 6.13. The molecule has 0 radical (unpaired) electrons. The highest BCUT2D eigenvalue weighted by Crippen LogP contribution is 2.34. The van der Waals surface area contributed by atoms with Gasteiger partial charge in [-0.05, 0) is 85.3 Å². The Morgan fingerprint density at radius 1 is 0.692 bits per heavy atom. The fraction of sp³-hybridized carbons (Fsp3) is 0.182. The summed E-state index contributed by atoms with van der Waals surface area (Å²) >= 11 is 0. The molecule has 0 N–H and O–H groups in total. The summed E-state index contributed by atoms with van der Waals surface area (Å²) in [5.74, 6) is 0.125. The highest BCUT2D eigenvalue weighted by atomic mass is 16.5. The van der Waals surface area contributed by atoms with E-state index >= 15 is 0 Å². The van der Waals surface area contributed by atoms with Gasteiger partial charge in [-0.25, -0.2) is 9.59 Å². The number of rotatable bonds is 5. The summed E-state index contributed by atoms with van der Waals surface area (Å²) in [7, 11) is 0. The van der Waals surface area contributed by atoms with Crippen LogP contribution in [0.15, 0.2) is 49.6 Å². The zero-order valence-electron chi connectivity index (χ0n) is 15.5. The summed E-state index contributed by atoms with van der Waals surface area (Å²) in [6.45, 7) is 14.4. The average molecular weight is 350 g/mol. The van der Waals surface area contributed by atoms with Crippen LogP contribution in [0.4, 0.5) is 0 Å². The van der Waals surface area contributed by atoms with Gasteiger partial charge in [-0.3, -0.25) is 0 Å². The summed E-state index contributed by atoms with van der Waals surface area (Å²) in [5, 5.41) is 0. The first kappa shape index (κ1) is 19.2. The molecule has 0 fully saturated rings. The molecule has 0 amide bonds. The fourth-order valence-corrected chi connectivity index (χ4v) is 2.84. The van der Waals surface area contributed by atoms with Crippen molar-refractivity contribution < 1.29 is 19.1 Å². The summed E-state index contributed by atoms with van der Waals surface area (Å²) in [6.07, 6.45) is 2.28. The van der Waals surface area contributed by atoms with Gasteiger partial charge < -0.3 is 9.47 Å². The van der Waals surface area contributed by atoms with Crippen molar-refractivity contribution in [3.8, 4) is 22.6 Å². The van der Waals surface area contributed by atoms with Gasteiger partial charge in [0.05, 0.1) is 0 Å². The molecule has 0 aliphatic heterocycles. The van der Waals surface area contributed by atoms with Crippen LogP contribution in [-0.4, -0.2) is 11.9 Å². The molecule has 0 atom stereocenters. The minimum atomic E-state index is -0.482. The molecule has 0 aromatic heterocycles. The highest BCUT2D eigenvalue weighted by molar-refractivity contribution is 5.85. The Morgan fingerprint density at radius 2 is 0.962 bits per heavy atom. The lowest BCUT2D eigenvalue weighted by molar-refractivity contribution is -0.129. The van der Waals surface area contributed by atoms with Crippen molar-refractivity contribution in [2.24, 2.45) is 0 Å². The van der Waals surface area contributed by atoms with Gasteiger partial charge in [-0.1, -0.05) is 13.2 Å². The summed E-state index contributed by atoms with van der Waals surface area (Å²) in [5.41, 5.74) is 5.40. The lowest BCUT2D eigenvalue weighted by atomic mass is 9.96. The average Bonchev–Trinajstić information content (AvgIpc) is 2.60. The normalized spacial score (nSPS) is 10.2. The SMILES string of the molecule is C=CC(=O)Oc1c(C)cc(-c2cc(C)c(OC(=O)C=C)c(C)c2)cc1C. The number of benzene rings is 2. The van der Waals surface area contributed by atoms with E-state index in [-0.39, 0.29) is 0 Å². The van der Waals surface area contributed by atoms with Crippen molar-refractivity contribution in [1.82, 2.24) is 0 Å². The summed E-state index contributed by atoms with van der Waals surface area (Å²) < 4.78 is 10.6. The first-order chi connectivity index (χ1) is 12.3. The Morgan fingerprint density at radius 3 is 1.19 bits per heavy atom. The zero-order valence-corrected chi connectivity index (χ0v) is 15.5. The van der Waals surface area contributed by atoms with Gasteiger partial charge in [0.15, 0.2) is 0 Å². The Balaban J connectivity index is 2.46. The van der Waals surface area contributed by atoms with Gasteiger partial charge in [0.1, 0.15) is 11.5 Å². The smallest absolute Gasteiger partial charge is 0.335 e. The maximum atomic E-state index is 11.5. The maximum absolute atomic E-state index is 11.5. The second kappa shape index (κ2) is 7.83. The van der Waals surface area contributed by atoms with Crippen LogP contribution in [0.2, 0.25) is 0 Å². The zero-order chi connectivity index (χ0) is 19.4. The molecule has 0 saturated carbocycles. The predicted molar refractivity (Wildman–Crippen MR) is 102 cm³/mol. The summed E-state index contributed by atoms with van der Waals surface area (Å²) in [4.78, 5) is 23.0. The van der Waals surface area contributed by atoms with Gasteiger partial charge in [-0.2, -0.15) is 0 Å². The van der Waals surface area contributed by atoms with Crippen molar-refractivity contribution in [2.75, 3.05) is 0 Å². The molecule has 0 aliphatic carbocycles. The molecule has 0 aliphatic rings. The quantitative estimate of drug-likeness (QED) is 0.443. The molecule has 2 rings (SSSR count). The topological polar surface area (TPSA) is 52.6 Å². The summed E-state index contributed by atoms with van der Waals surface area (Å²) in [6, 6.07) is 7.84. The molecule has 2 aromatic rings. The molecule has 134 valence electrons. The molecule has 0 unspecified atom stereocenters. The van der Waals surface area contributed by atoms with Crippen molar-refractivity contribution in [2.45, 2.75) is 27.7 Å². The van der Waals surface area contributed by atoms with Gasteiger partial charge in [0, 0.05) is 12.2 Å². The number of hydrogen-bond donors (Lipinski definition) is 0. The van der Waals surface area contributed by atoms with Gasteiger partial charge in [0.25, 0.3) is 0 Å². The van der Waals surface area contributed by atoms with Crippen LogP contribution in [0.1, 0.15) is 22.3 Å². The molecule has 0 spiro atoms. The lowest BCUT2D eigenvalue weighted by Gasteiger charge is -2.15. The van der Waals surface area contributed by atoms with E-state index in [1.54, 1.807) is 0 Å². The third kappa shape index (κ3) is 4.09. The largest absolute Gasteiger partial charge is 0.423 e. The van der Waals surface area contributed by atoms with Crippen LogP contribution in [0.3, 0.4) is 0 Å². The number of ether oxygens (including phenoxy) is 2. The van der Waals surface area contributed by atoms with E-state index in [1.165, 1.54) is 0 Å². The van der Waals surface area contributed by atoms with Crippen LogP contribution in [0.25, 0.3) is 11.1 Å². The first-order valence-electron chi connectivity index (χ1n) is 8.18. The van der Waals surface area contributed by atoms with E-state index in [0.29, 0.717) is 11.5 Å². The van der Waals surface area contributed by atoms with Gasteiger partial charge >= 0.3 is 11.9 Å². The number of hydrogen-bond acceptors (Lipinski definition) is 4. The Kier molecular flexibility index (Phi) is 5.78. The number of carbonyl (C=O) groups excluding carboxylic acids is 2. The minimum absolute atomic E-state index is 0.482. The molecule has 0 saturated heterocycles. The Hall–Kier alpha value is -3.14. The van der Waals surface area contributed by atoms with E-state index in [0.717, 1.165) is 45.5 Å². The van der Waals surface area contributed by atoms with Crippen molar-refractivity contribution in [3.05, 3.63) is 71.8 Å². The van der Waals surface area contributed by atoms with Crippen molar-refractivity contribution in [1.29, 1.82) is 0 Å². The van der Waals surface area contributed by atoms with E-state index in [1.807, 2.05) is 52.0 Å². The minimum Gasteiger partial charge on any atom is -0.423 e. The third-order valence-electron chi connectivity index (χ3n) is 3.99. The number of esters is 2. The molecule has 0 bridgehead atoms. The molecule has 26 heavy (non-hydrogen) atoms. The van der Waals surface area contributed by atoms with E-state index < -0.39 is 11.9 Å².